The van der Waals surface area contributed by atoms with Gasteiger partial charge in [0.15, 0.2) is 0 Å². The quantitative estimate of drug-likeness (QED) is 0.666. The number of nitrogens with zero attached hydrogens (tertiary/aromatic N) is 2. The number of benzene rings is 2. The van der Waals surface area contributed by atoms with Gasteiger partial charge in [-0.05, 0) is 31.0 Å². The minimum Gasteiger partial charge on any atom is -0.491 e. The number of aromatic nitrogens is 2. The van der Waals surface area contributed by atoms with Gasteiger partial charge in [-0.1, -0.05) is 48.0 Å². The summed E-state index contributed by atoms with van der Waals surface area (Å²) in [5.41, 5.74) is 3.99. The number of hydrogen-bond donors (Lipinski definition) is 1. The summed E-state index contributed by atoms with van der Waals surface area (Å²) in [4.78, 5) is 12.2. The van der Waals surface area contributed by atoms with E-state index in [1.165, 1.54) is 5.56 Å². The molecule has 0 aliphatic rings. The first kappa shape index (κ1) is 17.7. The molecule has 5 nitrogen and oxygen atoms in total. The molecule has 1 N–H and O–H groups in total. The maximum Gasteiger partial charge on any atom is 0.254 e. The lowest BCUT2D eigenvalue weighted by molar-refractivity contribution is 0.0947. The number of nitrogens with one attached hydrogen (secondary N) is 1. The predicted octanol–water partition coefficient (Wildman–Crippen LogP) is 3.36. The molecule has 0 spiro atoms. The molecule has 2 aromatic carbocycles. The van der Waals surface area contributed by atoms with Crippen LogP contribution in [0.3, 0.4) is 0 Å². The maximum atomic E-state index is 12.2. The molecule has 0 aliphatic heterocycles. The van der Waals surface area contributed by atoms with E-state index in [4.69, 9.17) is 4.74 Å². The highest BCUT2D eigenvalue weighted by Crippen LogP contribution is 2.18. The number of ether oxygens (including phenoxy) is 1. The van der Waals surface area contributed by atoms with Crippen LogP contribution in [0.4, 0.5) is 0 Å². The largest absolute Gasteiger partial charge is 0.491 e. The molecule has 0 saturated heterocycles. The van der Waals surface area contributed by atoms with Gasteiger partial charge >= 0.3 is 0 Å². The van der Waals surface area contributed by atoms with Gasteiger partial charge in [-0.2, -0.15) is 5.10 Å². The van der Waals surface area contributed by atoms with E-state index in [9.17, 15) is 4.79 Å². The molecule has 1 heterocycles. The van der Waals surface area contributed by atoms with E-state index < -0.39 is 0 Å². The fraction of sp³-hybridized carbons (Fsp3) is 0.238. The molecule has 3 aromatic rings. The monoisotopic (exact) mass is 349 g/mol. The Bertz CT molecular complexity index is 872. The molecular weight excluding hydrogens is 326 g/mol. The SMILES string of the molecule is Cc1ccc(OCCNC(=O)c2cnn(Cc3ccccc3)c2)c(C)c1. The van der Waals surface area contributed by atoms with Gasteiger partial charge in [-0.15, -0.1) is 0 Å². The molecule has 0 unspecified atom stereocenters. The molecule has 0 radical (unpaired) electrons. The Morgan fingerprint density at radius 3 is 2.73 bits per heavy atom. The van der Waals surface area contributed by atoms with E-state index in [0.717, 1.165) is 16.9 Å². The summed E-state index contributed by atoms with van der Waals surface area (Å²) in [6.07, 6.45) is 3.34. The van der Waals surface area contributed by atoms with Crippen LogP contribution in [-0.2, 0) is 6.54 Å². The lowest BCUT2D eigenvalue weighted by Crippen LogP contribution is -2.27. The first-order valence-electron chi connectivity index (χ1n) is 8.66. The average Bonchev–Trinajstić information content (AvgIpc) is 3.09. The van der Waals surface area contributed by atoms with Crippen LogP contribution in [0.1, 0.15) is 27.0 Å². The Morgan fingerprint density at radius 2 is 1.96 bits per heavy atom. The third-order valence-electron chi connectivity index (χ3n) is 4.06. The average molecular weight is 349 g/mol. The number of hydrogen-bond acceptors (Lipinski definition) is 3. The standard InChI is InChI=1S/C21H23N3O2/c1-16-8-9-20(17(2)12-16)26-11-10-22-21(25)19-13-23-24(15-19)14-18-6-4-3-5-7-18/h3-9,12-13,15H,10-11,14H2,1-2H3,(H,22,25). The molecule has 26 heavy (non-hydrogen) atoms. The summed E-state index contributed by atoms with van der Waals surface area (Å²) in [6.45, 7) is 5.57. The van der Waals surface area contributed by atoms with Crippen LogP contribution in [0.2, 0.25) is 0 Å². The van der Waals surface area contributed by atoms with Crippen molar-refractivity contribution in [2.24, 2.45) is 0 Å². The summed E-state index contributed by atoms with van der Waals surface area (Å²) in [6, 6.07) is 16.1. The minimum absolute atomic E-state index is 0.145. The number of aryl methyl sites for hydroxylation is 2. The molecule has 0 aliphatic carbocycles. The van der Waals surface area contributed by atoms with Crippen LogP contribution in [-0.4, -0.2) is 28.8 Å². The van der Waals surface area contributed by atoms with Crippen LogP contribution in [0.25, 0.3) is 0 Å². The Morgan fingerprint density at radius 1 is 1.15 bits per heavy atom. The molecule has 5 heteroatoms. The molecule has 134 valence electrons. The Labute approximate surface area is 153 Å². The van der Waals surface area contributed by atoms with Gasteiger partial charge < -0.3 is 10.1 Å². The number of amides is 1. The fourth-order valence-corrected chi connectivity index (χ4v) is 2.73. The molecule has 1 amide bonds. The van der Waals surface area contributed by atoms with E-state index in [1.807, 2.05) is 49.4 Å². The topological polar surface area (TPSA) is 56.1 Å². The first-order chi connectivity index (χ1) is 12.6. The van der Waals surface area contributed by atoms with Crippen molar-refractivity contribution >= 4 is 5.91 Å². The van der Waals surface area contributed by atoms with Crippen molar-refractivity contribution < 1.29 is 9.53 Å². The lowest BCUT2D eigenvalue weighted by Gasteiger charge is -2.10. The molecular formula is C21H23N3O2. The van der Waals surface area contributed by atoms with Gasteiger partial charge in [-0.3, -0.25) is 9.48 Å². The third-order valence-corrected chi connectivity index (χ3v) is 4.06. The second-order valence-corrected chi connectivity index (χ2v) is 6.29. The summed E-state index contributed by atoms with van der Waals surface area (Å²) in [7, 11) is 0. The fourth-order valence-electron chi connectivity index (χ4n) is 2.73. The Balaban J connectivity index is 1.46. The van der Waals surface area contributed by atoms with Gasteiger partial charge in [-0.25, -0.2) is 0 Å². The van der Waals surface area contributed by atoms with Gasteiger partial charge in [0.2, 0.25) is 0 Å². The predicted molar refractivity (Wildman–Crippen MR) is 102 cm³/mol. The van der Waals surface area contributed by atoms with E-state index in [1.54, 1.807) is 17.1 Å². The zero-order valence-corrected chi connectivity index (χ0v) is 15.1. The summed E-state index contributed by atoms with van der Waals surface area (Å²) in [5, 5.41) is 7.11. The second kappa shape index (κ2) is 8.34. The van der Waals surface area contributed by atoms with Crippen LogP contribution >= 0.6 is 0 Å². The van der Waals surface area contributed by atoms with Gasteiger partial charge in [0.1, 0.15) is 12.4 Å². The normalized spacial score (nSPS) is 10.5. The van der Waals surface area contributed by atoms with Crippen LogP contribution in [0.15, 0.2) is 60.9 Å². The summed E-state index contributed by atoms with van der Waals surface area (Å²) in [5.74, 6) is 0.703. The van der Waals surface area contributed by atoms with Crippen molar-refractivity contribution in [2.75, 3.05) is 13.2 Å². The smallest absolute Gasteiger partial charge is 0.254 e. The van der Waals surface area contributed by atoms with Gasteiger partial charge in [0, 0.05) is 6.20 Å². The highest BCUT2D eigenvalue weighted by atomic mass is 16.5. The molecule has 0 fully saturated rings. The lowest BCUT2D eigenvalue weighted by atomic mass is 10.1. The van der Waals surface area contributed by atoms with Crippen molar-refractivity contribution in [2.45, 2.75) is 20.4 Å². The van der Waals surface area contributed by atoms with Crippen LogP contribution in [0, 0.1) is 13.8 Å². The molecule has 3 rings (SSSR count). The third kappa shape index (κ3) is 4.72. The number of carbonyl (C=O) groups is 1. The molecule has 0 saturated carbocycles. The zero-order chi connectivity index (χ0) is 18.4. The van der Waals surface area contributed by atoms with E-state index in [-0.39, 0.29) is 5.91 Å². The van der Waals surface area contributed by atoms with Crippen molar-refractivity contribution in [3.05, 3.63) is 83.2 Å². The number of carbonyl (C=O) groups excluding carboxylic acids is 1. The molecule has 0 atom stereocenters. The maximum absolute atomic E-state index is 12.2. The zero-order valence-electron chi connectivity index (χ0n) is 15.1. The summed E-state index contributed by atoms with van der Waals surface area (Å²) < 4.78 is 7.49. The van der Waals surface area contributed by atoms with E-state index >= 15 is 0 Å². The summed E-state index contributed by atoms with van der Waals surface area (Å²) >= 11 is 0. The van der Waals surface area contributed by atoms with Crippen molar-refractivity contribution in [1.29, 1.82) is 0 Å². The Hall–Kier alpha value is -3.08. The van der Waals surface area contributed by atoms with E-state index in [2.05, 4.69) is 23.4 Å². The highest BCUT2D eigenvalue weighted by Gasteiger charge is 2.08. The Kier molecular flexibility index (Phi) is 5.69. The van der Waals surface area contributed by atoms with E-state index in [0.29, 0.717) is 25.3 Å². The molecule has 1 aromatic heterocycles. The van der Waals surface area contributed by atoms with Crippen LogP contribution < -0.4 is 10.1 Å². The van der Waals surface area contributed by atoms with Gasteiger partial charge in [0.25, 0.3) is 5.91 Å². The highest BCUT2D eigenvalue weighted by molar-refractivity contribution is 5.93. The first-order valence-corrected chi connectivity index (χ1v) is 8.66. The van der Waals surface area contributed by atoms with Crippen molar-refractivity contribution in [3.8, 4) is 5.75 Å². The molecule has 0 bridgehead atoms. The van der Waals surface area contributed by atoms with Crippen LogP contribution in [0.5, 0.6) is 5.75 Å². The minimum atomic E-state index is -0.145. The van der Waals surface area contributed by atoms with Gasteiger partial charge in [0.05, 0.1) is 24.8 Å². The number of rotatable bonds is 7. The van der Waals surface area contributed by atoms with Crippen molar-refractivity contribution in [3.63, 3.8) is 0 Å². The van der Waals surface area contributed by atoms with Crippen molar-refractivity contribution in [1.82, 2.24) is 15.1 Å². The second-order valence-electron chi connectivity index (χ2n) is 6.29.